The molecule has 1 aromatic rings. The molecule has 0 bridgehead atoms. The Bertz CT molecular complexity index is 488. The molecule has 1 N–H and O–H groups in total. The molecule has 0 aliphatic heterocycles. The van der Waals surface area contributed by atoms with Crippen LogP contribution >= 0.6 is 0 Å². The summed E-state index contributed by atoms with van der Waals surface area (Å²) in [6, 6.07) is 2.27. The van der Waals surface area contributed by atoms with E-state index in [4.69, 9.17) is 5.11 Å². The van der Waals surface area contributed by atoms with Gasteiger partial charge in [0.2, 0.25) is 0 Å². The summed E-state index contributed by atoms with van der Waals surface area (Å²) in [6.07, 6.45) is -4.35. The second-order valence-corrected chi connectivity index (χ2v) is 3.83. The van der Waals surface area contributed by atoms with Crippen molar-refractivity contribution in [3.63, 3.8) is 0 Å². The Balaban J connectivity index is 2.77. The number of carbonyl (C=O) groups excluding carboxylic acids is 1. The molecule has 0 saturated carbocycles. The lowest BCUT2D eigenvalue weighted by molar-refractivity contribution is -0.136. The molecule has 1 aromatic heterocycles. The van der Waals surface area contributed by atoms with Gasteiger partial charge in [-0.25, -0.2) is 9.78 Å². The number of carboxylic acid groups (broad SMARTS) is 1. The minimum atomic E-state index is -4.35. The zero-order valence-corrected chi connectivity index (χ0v) is 9.94. The molecule has 8 heteroatoms. The zero-order chi connectivity index (χ0) is 14.6. The molecule has 1 amide bonds. The molecule has 1 heterocycles. The van der Waals surface area contributed by atoms with Crippen LogP contribution in [0.15, 0.2) is 18.3 Å². The van der Waals surface area contributed by atoms with E-state index in [0.29, 0.717) is 0 Å². The van der Waals surface area contributed by atoms with Crippen molar-refractivity contribution in [3.05, 3.63) is 29.6 Å². The average Bonchev–Trinajstić information content (AvgIpc) is 2.34. The summed E-state index contributed by atoms with van der Waals surface area (Å²) in [6.45, 7) is -0.493. The van der Waals surface area contributed by atoms with E-state index in [-0.39, 0.29) is 11.3 Å². The summed E-state index contributed by atoms with van der Waals surface area (Å²) < 4.78 is 36.1. The average molecular weight is 276 g/mol. The molecule has 0 aromatic carbocycles. The number of hydrogen-bond donors (Lipinski definition) is 1. The van der Waals surface area contributed by atoms with Crippen molar-refractivity contribution < 1.29 is 27.9 Å². The predicted octanol–water partition coefficient (Wildman–Crippen LogP) is 1.80. The minimum absolute atomic E-state index is 0.0166. The van der Waals surface area contributed by atoms with Crippen molar-refractivity contribution >= 4 is 11.9 Å². The molecule has 5 nitrogen and oxygen atoms in total. The second kappa shape index (κ2) is 5.68. The van der Waals surface area contributed by atoms with E-state index < -0.39 is 31.0 Å². The number of pyridine rings is 1. The first kappa shape index (κ1) is 14.9. The van der Waals surface area contributed by atoms with Gasteiger partial charge >= 0.3 is 12.1 Å². The van der Waals surface area contributed by atoms with Gasteiger partial charge in [0.25, 0.3) is 5.91 Å². The van der Waals surface area contributed by atoms with Crippen molar-refractivity contribution in [2.45, 2.75) is 12.6 Å². The van der Waals surface area contributed by atoms with Crippen LogP contribution < -0.4 is 0 Å². The van der Waals surface area contributed by atoms with Gasteiger partial charge in [-0.3, -0.25) is 4.79 Å². The van der Waals surface area contributed by atoms with E-state index >= 15 is 0 Å². The Hall–Kier alpha value is -2.12. The largest absolute Gasteiger partial charge is 0.477 e. The third-order valence-corrected chi connectivity index (χ3v) is 2.30. The van der Waals surface area contributed by atoms with Crippen LogP contribution in [0.5, 0.6) is 0 Å². The normalized spacial score (nSPS) is 11.2. The van der Waals surface area contributed by atoms with E-state index in [1.807, 2.05) is 0 Å². The van der Waals surface area contributed by atoms with Crippen molar-refractivity contribution in [3.8, 4) is 0 Å². The molecule has 0 spiro atoms. The first-order chi connectivity index (χ1) is 8.70. The third-order valence-electron chi connectivity index (χ3n) is 2.30. The van der Waals surface area contributed by atoms with Crippen LogP contribution in [-0.2, 0) is 0 Å². The maximum absolute atomic E-state index is 12.0. The van der Waals surface area contributed by atoms with Crippen molar-refractivity contribution in [2.75, 3.05) is 13.6 Å². The lowest BCUT2D eigenvalue weighted by Gasteiger charge is -2.18. The van der Waals surface area contributed by atoms with E-state index in [2.05, 4.69) is 4.98 Å². The van der Waals surface area contributed by atoms with Gasteiger partial charge in [0.1, 0.15) is 5.69 Å². The van der Waals surface area contributed by atoms with Crippen LogP contribution in [0.1, 0.15) is 27.3 Å². The quantitative estimate of drug-likeness (QED) is 0.910. The van der Waals surface area contributed by atoms with E-state index in [1.54, 1.807) is 0 Å². The smallest absolute Gasteiger partial charge is 0.390 e. The van der Waals surface area contributed by atoms with Gasteiger partial charge in [-0.2, -0.15) is 13.2 Å². The van der Waals surface area contributed by atoms with Gasteiger partial charge in [0.15, 0.2) is 0 Å². The Labute approximate surface area is 106 Å². The number of nitrogens with zero attached hydrogens (tertiary/aromatic N) is 2. The van der Waals surface area contributed by atoms with Gasteiger partial charge in [-0.05, 0) is 12.1 Å². The Kier molecular flexibility index (Phi) is 4.47. The molecule has 0 saturated heterocycles. The molecule has 0 atom stereocenters. The van der Waals surface area contributed by atoms with Crippen LogP contribution in [0, 0.1) is 0 Å². The number of aromatic nitrogens is 1. The lowest BCUT2D eigenvalue weighted by atomic mass is 10.2. The standard InChI is InChI=1S/C11H11F3N2O3/c1-16(5-3-11(12,13)14)9(17)7-2-4-15-8(6-7)10(18)19/h2,4,6H,3,5H2,1H3,(H,18,19). The van der Waals surface area contributed by atoms with Gasteiger partial charge < -0.3 is 10.0 Å². The molecule has 1 rings (SSSR count). The van der Waals surface area contributed by atoms with E-state index in [1.165, 1.54) is 13.1 Å². The molecule has 0 aliphatic rings. The number of carbonyl (C=O) groups is 2. The SMILES string of the molecule is CN(CCC(F)(F)F)C(=O)c1ccnc(C(=O)O)c1. The van der Waals surface area contributed by atoms with Crippen molar-refractivity contribution in [2.24, 2.45) is 0 Å². The Morgan fingerprint density at radius 2 is 2.05 bits per heavy atom. The Morgan fingerprint density at radius 1 is 1.42 bits per heavy atom. The molecular weight excluding hydrogens is 265 g/mol. The number of amides is 1. The number of aromatic carboxylic acids is 1. The van der Waals surface area contributed by atoms with Crippen molar-refractivity contribution in [1.29, 1.82) is 0 Å². The van der Waals surface area contributed by atoms with Gasteiger partial charge in [0, 0.05) is 25.4 Å². The summed E-state index contributed by atoms with van der Waals surface area (Å²) in [7, 11) is 1.22. The second-order valence-electron chi connectivity index (χ2n) is 3.83. The molecular formula is C11H11F3N2O3. The fraction of sp³-hybridized carbons (Fsp3) is 0.364. The highest BCUT2D eigenvalue weighted by atomic mass is 19.4. The van der Waals surface area contributed by atoms with Crippen molar-refractivity contribution in [1.82, 2.24) is 9.88 Å². The monoisotopic (exact) mass is 276 g/mol. The first-order valence-electron chi connectivity index (χ1n) is 5.22. The van der Waals surface area contributed by atoms with Gasteiger partial charge in [0.05, 0.1) is 6.42 Å². The van der Waals surface area contributed by atoms with Crippen LogP contribution in [0.25, 0.3) is 0 Å². The predicted molar refractivity (Wildman–Crippen MR) is 58.8 cm³/mol. The highest BCUT2D eigenvalue weighted by molar-refractivity contribution is 5.96. The molecule has 0 aliphatic carbocycles. The molecule has 0 radical (unpaired) electrons. The highest BCUT2D eigenvalue weighted by Gasteiger charge is 2.28. The first-order valence-corrected chi connectivity index (χ1v) is 5.22. The van der Waals surface area contributed by atoms with E-state index in [0.717, 1.165) is 17.2 Å². The summed E-state index contributed by atoms with van der Waals surface area (Å²) in [5.41, 5.74) is -0.354. The summed E-state index contributed by atoms with van der Waals surface area (Å²) in [5, 5.41) is 8.70. The minimum Gasteiger partial charge on any atom is -0.477 e. The fourth-order valence-corrected chi connectivity index (χ4v) is 1.30. The van der Waals surface area contributed by atoms with Crippen LogP contribution in [-0.4, -0.2) is 46.6 Å². The number of alkyl halides is 3. The summed E-state index contributed by atoms with van der Waals surface area (Å²) >= 11 is 0. The highest BCUT2D eigenvalue weighted by Crippen LogP contribution is 2.19. The summed E-state index contributed by atoms with van der Waals surface area (Å²) in [5.74, 6) is -2.00. The molecule has 19 heavy (non-hydrogen) atoms. The van der Waals surface area contributed by atoms with Crippen LogP contribution in [0.4, 0.5) is 13.2 Å². The van der Waals surface area contributed by atoms with Gasteiger partial charge in [-0.15, -0.1) is 0 Å². The Morgan fingerprint density at radius 3 is 2.58 bits per heavy atom. The van der Waals surface area contributed by atoms with E-state index in [9.17, 15) is 22.8 Å². The van der Waals surface area contributed by atoms with Gasteiger partial charge in [-0.1, -0.05) is 0 Å². The topological polar surface area (TPSA) is 70.5 Å². The number of carboxylic acids is 1. The molecule has 0 unspecified atom stereocenters. The number of hydrogen-bond acceptors (Lipinski definition) is 3. The third kappa shape index (κ3) is 4.57. The van der Waals surface area contributed by atoms with Crippen LogP contribution in [0.3, 0.4) is 0 Å². The lowest BCUT2D eigenvalue weighted by Crippen LogP contribution is -2.30. The number of halogens is 3. The maximum atomic E-state index is 12.0. The fourth-order valence-electron chi connectivity index (χ4n) is 1.30. The number of rotatable bonds is 4. The summed E-state index contributed by atoms with van der Waals surface area (Å²) in [4.78, 5) is 26.8. The molecule has 0 fully saturated rings. The molecule has 104 valence electrons. The van der Waals surface area contributed by atoms with Crippen LogP contribution in [0.2, 0.25) is 0 Å². The zero-order valence-electron chi connectivity index (χ0n) is 9.94. The maximum Gasteiger partial charge on any atom is 0.390 e.